The fourth-order valence-corrected chi connectivity index (χ4v) is 4.08. The van der Waals surface area contributed by atoms with Gasteiger partial charge in [-0.1, -0.05) is 61.2 Å². The molecule has 0 aliphatic rings. The van der Waals surface area contributed by atoms with Crippen LogP contribution in [0.1, 0.15) is 45.4 Å². The van der Waals surface area contributed by atoms with Crippen LogP contribution in [0.15, 0.2) is 9.85 Å². The van der Waals surface area contributed by atoms with Gasteiger partial charge in [0.25, 0.3) is 0 Å². The lowest BCUT2D eigenvalue weighted by atomic mass is 10.1. The van der Waals surface area contributed by atoms with Gasteiger partial charge in [-0.05, 0) is 17.2 Å². The molecule has 0 saturated heterocycles. The topological polar surface area (TPSA) is 52.1 Å². The lowest BCUT2D eigenvalue weighted by molar-refractivity contribution is -0.140. The van der Waals surface area contributed by atoms with E-state index in [0.717, 1.165) is 17.2 Å². The number of unbranched alkanes of at least 4 members (excludes halogenated alkanes) is 5. The van der Waals surface area contributed by atoms with E-state index < -0.39 is 0 Å². The molecular formula is C12H20N2O2S3. The summed E-state index contributed by atoms with van der Waals surface area (Å²) in [7, 11) is 2.91. The van der Waals surface area contributed by atoms with Gasteiger partial charge in [0.1, 0.15) is 11.3 Å². The van der Waals surface area contributed by atoms with Crippen LogP contribution in [-0.4, -0.2) is 28.5 Å². The van der Waals surface area contributed by atoms with Gasteiger partial charge in [-0.2, -0.15) is 0 Å². The number of hydrogen-bond donors (Lipinski definition) is 0. The second-order valence-electron chi connectivity index (χ2n) is 4.04. The van der Waals surface area contributed by atoms with E-state index in [9.17, 15) is 4.79 Å². The van der Waals surface area contributed by atoms with Crippen molar-refractivity contribution < 1.29 is 9.53 Å². The standard InChI is InChI=1S/C12H20N2O2S3/c1-2-3-4-5-6-7-8-16-11(15)9-18-19-12-14-13-10-17-12/h10H,2-9H2,1H3. The fourth-order valence-electron chi connectivity index (χ4n) is 1.44. The van der Waals surface area contributed by atoms with Crippen LogP contribution in [0.4, 0.5) is 0 Å². The molecule has 0 aliphatic heterocycles. The molecule has 0 fully saturated rings. The van der Waals surface area contributed by atoms with Gasteiger partial charge in [0.05, 0.1) is 6.61 Å². The summed E-state index contributed by atoms with van der Waals surface area (Å²) in [5.41, 5.74) is 1.68. The van der Waals surface area contributed by atoms with Crippen LogP contribution in [0.5, 0.6) is 0 Å². The first-order valence-electron chi connectivity index (χ1n) is 6.54. The summed E-state index contributed by atoms with van der Waals surface area (Å²) in [4.78, 5) is 11.4. The minimum absolute atomic E-state index is 0.143. The van der Waals surface area contributed by atoms with Crippen molar-refractivity contribution in [2.75, 3.05) is 12.4 Å². The fraction of sp³-hybridized carbons (Fsp3) is 0.750. The molecule has 19 heavy (non-hydrogen) atoms. The highest BCUT2D eigenvalue weighted by Gasteiger charge is 2.05. The molecule has 0 aliphatic carbocycles. The van der Waals surface area contributed by atoms with Crippen LogP contribution in [0.2, 0.25) is 0 Å². The Hall–Kier alpha value is -0.270. The van der Waals surface area contributed by atoms with E-state index in [1.807, 2.05) is 0 Å². The van der Waals surface area contributed by atoms with Crippen LogP contribution in [0.25, 0.3) is 0 Å². The van der Waals surface area contributed by atoms with Gasteiger partial charge in [0, 0.05) is 0 Å². The van der Waals surface area contributed by atoms with Crippen LogP contribution in [0, 0.1) is 0 Å². The molecule has 1 aromatic heterocycles. The maximum absolute atomic E-state index is 11.4. The molecule has 108 valence electrons. The second-order valence-corrected chi connectivity index (χ2v) is 7.41. The number of nitrogens with zero attached hydrogens (tertiary/aromatic N) is 2. The van der Waals surface area contributed by atoms with E-state index >= 15 is 0 Å². The number of rotatable bonds is 11. The van der Waals surface area contributed by atoms with Gasteiger partial charge in [-0.25, -0.2) is 0 Å². The van der Waals surface area contributed by atoms with Crippen LogP contribution >= 0.6 is 32.9 Å². The first-order valence-corrected chi connectivity index (χ1v) is 9.74. The summed E-state index contributed by atoms with van der Waals surface area (Å²) >= 11 is 1.47. The minimum Gasteiger partial charge on any atom is -0.465 e. The van der Waals surface area contributed by atoms with Crippen molar-refractivity contribution in [1.29, 1.82) is 0 Å². The van der Waals surface area contributed by atoms with Crippen molar-refractivity contribution >= 4 is 38.9 Å². The van der Waals surface area contributed by atoms with Gasteiger partial charge in [0.2, 0.25) is 0 Å². The summed E-state index contributed by atoms with van der Waals surface area (Å²) in [5, 5.41) is 7.61. The third-order valence-corrected chi connectivity index (χ3v) is 5.62. The van der Waals surface area contributed by atoms with Crippen LogP contribution in [0.3, 0.4) is 0 Å². The van der Waals surface area contributed by atoms with E-state index in [1.54, 1.807) is 5.51 Å². The zero-order valence-electron chi connectivity index (χ0n) is 11.2. The monoisotopic (exact) mass is 320 g/mol. The molecule has 0 N–H and O–H groups in total. The molecule has 0 bridgehead atoms. The van der Waals surface area contributed by atoms with Crippen molar-refractivity contribution in [3.63, 3.8) is 0 Å². The Balaban J connectivity index is 1.88. The molecule has 0 unspecified atom stereocenters. The molecular weight excluding hydrogens is 300 g/mol. The van der Waals surface area contributed by atoms with Crippen molar-refractivity contribution in [2.24, 2.45) is 0 Å². The zero-order valence-corrected chi connectivity index (χ0v) is 13.6. The number of carbonyl (C=O) groups excluding carboxylic acids is 1. The molecule has 1 heterocycles. The SMILES string of the molecule is CCCCCCCCOC(=O)CSSc1nncs1. The quantitative estimate of drug-likeness (QED) is 0.346. The number of hydrogen-bond acceptors (Lipinski definition) is 7. The number of ether oxygens (including phenoxy) is 1. The van der Waals surface area contributed by atoms with Gasteiger partial charge < -0.3 is 4.74 Å². The third kappa shape index (κ3) is 9.29. The largest absolute Gasteiger partial charge is 0.465 e. The van der Waals surface area contributed by atoms with Crippen molar-refractivity contribution in [2.45, 2.75) is 49.8 Å². The maximum atomic E-state index is 11.4. The van der Waals surface area contributed by atoms with Gasteiger partial charge in [-0.15, -0.1) is 10.2 Å². The molecule has 0 spiro atoms. The Labute approximate surface area is 126 Å². The lowest BCUT2D eigenvalue weighted by Crippen LogP contribution is -2.07. The first kappa shape index (κ1) is 16.8. The van der Waals surface area contributed by atoms with E-state index in [4.69, 9.17) is 4.74 Å². The summed E-state index contributed by atoms with van der Waals surface area (Å²) in [6.07, 6.45) is 7.23. The van der Waals surface area contributed by atoms with E-state index in [1.165, 1.54) is 58.6 Å². The number of esters is 1. The number of carbonyl (C=O) groups is 1. The highest BCUT2D eigenvalue weighted by atomic mass is 33.1. The van der Waals surface area contributed by atoms with Crippen LogP contribution in [-0.2, 0) is 9.53 Å². The summed E-state index contributed by atoms with van der Waals surface area (Å²) < 4.78 is 6.03. The van der Waals surface area contributed by atoms with E-state index in [0.29, 0.717) is 12.4 Å². The highest BCUT2D eigenvalue weighted by Crippen LogP contribution is 2.31. The summed E-state index contributed by atoms with van der Waals surface area (Å²) in [6, 6.07) is 0. The first-order chi connectivity index (χ1) is 9.33. The second kappa shape index (κ2) is 11.5. The Bertz CT molecular complexity index is 334. The predicted octanol–water partition coefficient (Wildman–Crippen LogP) is 4.18. The Morgan fingerprint density at radius 1 is 1.32 bits per heavy atom. The maximum Gasteiger partial charge on any atom is 0.316 e. The van der Waals surface area contributed by atoms with Crippen LogP contribution < -0.4 is 0 Å². The molecule has 0 amide bonds. The molecule has 4 nitrogen and oxygen atoms in total. The van der Waals surface area contributed by atoms with E-state index in [-0.39, 0.29) is 5.97 Å². The summed E-state index contributed by atoms with van der Waals surface area (Å²) in [5.74, 6) is 0.218. The van der Waals surface area contributed by atoms with Crippen molar-refractivity contribution in [3.8, 4) is 0 Å². The minimum atomic E-state index is -0.143. The number of aromatic nitrogens is 2. The smallest absolute Gasteiger partial charge is 0.316 e. The van der Waals surface area contributed by atoms with E-state index in [2.05, 4.69) is 17.1 Å². The molecule has 0 atom stereocenters. The molecule has 1 rings (SSSR count). The average molecular weight is 321 g/mol. The zero-order chi connectivity index (χ0) is 13.8. The van der Waals surface area contributed by atoms with Crippen molar-refractivity contribution in [1.82, 2.24) is 10.2 Å². The van der Waals surface area contributed by atoms with Gasteiger partial charge in [0.15, 0.2) is 4.34 Å². The molecule has 1 aromatic rings. The average Bonchev–Trinajstić information content (AvgIpc) is 2.91. The Morgan fingerprint density at radius 3 is 2.84 bits per heavy atom. The van der Waals surface area contributed by atoms with Gasteiger partial charge >= 0.3 is 5.97 Å². The van der Waals surface area contributed by atoms with Gasteiger partial charge in [-0.3, -0.25) is 4.79 Å². The Morgan fingerprint density at radius 2 is 2.11 bits per heavy atom. The normalized spacial score (nSPS) is 10.6. The molecule has 7 heteroatoms. The summed E-state index contributed by atoms with van der Waals surface area (Å²) in [6.45, 7) is 2.76. The lowest BCUT2D eigenvalue weighted by Gasteiger charge is -2.04. The third-order valence-electron chi connectivity index (χ3n) is 2.41. The molecule has 0 radical (unpaired) electrons. The van der Waals surface area contributed by atoms with Crippen molar-refractivity contribution in [3.05, 3.63) is 5.51 Å². The molecule has 0 saturated carbocycles. The highest BCUT2D eigenvalue weighted by molar-refractivity contribution is 8.77. The Kier molecular flexibility index (Phi) is 10.2. The molecule has 0 aromatic carbocycles. The predicted molar refractivity (Wildman–Crippen MR) is 82.6 cm³/mol.